The van der Waals surface area contributed by atoms with Gasteiger partial charge in [0, 0.05) is 42.6 Å². The van der Waals surface area contributed by atoms with E-state index in [9.17, 15) is 4.79 Å². The molecule has 3 aromatic rings. The van der Waals surface area contributed by atoms with Gasteiger partial charge >= 0.3 is 0 Å². The quantitative estimate of drug-likeness (QED) is 0.803. The molecule has 0 unspecified atom stereocenters. The monoisotopic (exact) mass is 294 g/mol. The number of carbonyl (C=O) groups is 1. The largest absolute Gasteiger partial charge is 0.350 e. The molecule has 1 amide bonds. The predicted molar refractivity (Wildman–Crippen MR) is 85.7 cm³/mol. The van der Waals surface area contributed by atoms with Gasteiger partial charge < -0.3 is 9.88 Å². The SMILES string of the molecule is Cc1c(CCNC(=O)c2cnccn2)c2ccccc2n1C. The van der Waals surface area contributed by atoms with E-state index in [1.165, 1.54) is 34.6 Å². The lowest BCUT2D eigenvalue weighted by atomic mass is 10.1. The van der Waals surface area contributed by atoms with Crippen molar-refractivity contribution in [2.45, 2.75) is 13.3 Å². The van der Waals surface area contributed by atoms with E-state index in [0.29, 0.717) is 12.2 Å². The van der Waals surface area contributed by atoms with Gasteiger partial charge in [0.05, 0.1) is 6.20 Å². The summed E-state index contributed by atoms with van der Waals surface area (Å²) in [5.74, 6) is -0.189. The van der Waals surface area contributed by atoms with Crippen LogP contribution in [0.1, 0.15) is 21.7 Å². The van der Waals surface area contributed by atoms with Crippen LogP contribution in [-0.2, 0) is 13.5 Å². The summed E-state index contributed by atoms with van der Waals surface area (Å²) in [7, 11) is 2.07. The van der Waals surface area contributed by atoms with Crippen molar-refractivity contribution in [2.75, 3.05) is 6.54 Å². The molecule has 2 heterocycles. The summed E-state index contributed by atoms with van der Waals surface area (Å²) in [5, 5.41) is 4.14. The number of para-hydroxylation sites is 1. The van der Waals surface area contributed by atoms with Crippen molar-refractivity contribution in [1.82, 2.24) is 19.9 Å². The van der Waals surface area contributed by atoms with E-state index in [1.807, 2.05) is 12.1 Å². The third-order valence-electron chi connectivity index (χ3n) is 3.99. The van der Waals surface area contributed by atoms with Gasteiger partial charge in [-0.15, -0.1) is 0 Å². The molecule has 3 rings (SSSR count). The maximum Gasteiger partial charge on any atom is 0.271 e. The van der Waals surface area contributed by atoms with E-state index in [1.54, 1.807) is 6.20 Å². The molecular weight excluding hydrogens is 276 g/mol. The van der Waals surface area contributed by atoms with Gasteiger partial charge in [-0.05, 0) is 25.0 Å². The number of fused-ring (bicyclic) bond motifs is 1. The van der Waals surface area contributed by atoms with Crippen LogP contribution in [0.2, 0.25) is 0 Å². The van der Waals surface area contributed by atoms with Crippen LogP contribution in [0.3, 0.4) is 0 Å². The highest BCUT2D eigenvalue weighted by Crippen LogP contribution is 2.24. The Bertz CT molecular complexity index is 808. The number of nitrogens with zero attached hydrogens (tertiary/aromatic N) is 3. The minimum Gasteiger partial charge on any atom is -0.350 e. The Morgan fingerprint density at radius 1 is 1.27 bits per heavy atom. The number of nitrogens with one attached hydrogen (secondary N) is 1. The Labute approximate surface area is 129 Å². The van der Waals surface area contributed by atoms with E-state index in [2.05, 4.69) is 46.0 Å². The molecule has 0 radical (unpaired) electrons. The van der Waals surface area contributed by atoms with Crippen LogP contribution >= 0.6 is 0 Å². The number of hydrogen-bond donors (Lipinski definition) is 1. The van der Waals surface area contributed by atoms with Crippen molar-refractivity contribution >= 4 is 16.8 Å². The van der Waals surface area contributed by atoms with Gasteiger partial charge in [0.25, 0.3) is 5.91 Å². The van der Waals surface area contributed by atoms with Crippen LogP contribution in [0.5, 0.6) is 0 Å². The summed E-state index contributed by atoms with van der Waals surface area (Å²) in [5.41, 5.74) is 4.07. The molecule has 112 valence electrons. The lowest BCUT2D eigenvalue weighted by Crippen LogP contribution is -2.26. The lowest BCUT2D eigenvalue weighted by molar-refractivity contribution is 0.0948. The zero-order chi connectivity index (χ0) is 15.5. The molecule has 0 aliphatic heterocycles. The molecule has 0 aliphatic carbocycles. The van der Waals surface area contributed by atoms with E-state index in [0.717, 1.165) is 6.42 Å². The average molecular weight is 294 g/mol. The molecule has 1 N–H and O–H groups in total. The van der Waals surface area contributed by atoms with E-state index < -0.39 is 0 Å². The van der Waals surface area contributed by atoms with Crippen LogP contribution in [0, 0.1) is 6.92 Å². The number of aryl methyl sites for hydroxylation is 1. The fourth-order valence-electron chi connectivity index (χ4n) is 2.72. The van der Waals surface area contributed by atoms with Crippen molar-refractivity contribution in [3.05, 3.63) is 59.8 Å². The Kier molecular flexibility index (Phi) is 3.87. The summed E-state index contributed by atoms with van der Waals surface area (Å²) in [6, 6.07) is 8.33. The average Bonchev–Trinajstić information content (AvgIpc) is 2.81. The fourth-order valence-corrected chi connectivity index (χ4v) is 2.72. The Morgan fingerprint density at radius 2 is 2.09 bits per heavy atom. The maximum atomic E-state index is 12.0. The number of hydrogen-bond acceptors (Lipinski definition) is 3. The summed E-state index contributed by atoms with van der Waals surface area (Å²) in [6.45, 7) is 2.68. The highest BCUT2D eigenvalue weighted by molar-refractivity contribution is 5.92. The molecule has 2 aromatic heterocycles. The van der Waals surface area contributed by atoms with Gasteiger partial charge in [-0.25, -0.2) is 4.98 Å². The molecule has 0 saturated heterocycles. The minimum absolute atomic E-state index is 0.189. The second kappa shape index (κ2) is 5.97. The molecule has 0 saturated carbocycles. The standard InChI is InChI=1S/C17H18N4O/c1-12-13(14-5-3-4-6-16(14)21(12)2)7-8-20-17(22)15-11-18-9-10-19-15/h3-6,9-11H,7-8H2,1-2H3,(H,20,22). The molecular formula is C17H18N4O. The first-order valence-corrected chi connectivity index (χ1v) is 7.25. The highest BCUT2D eigenvalue weighted by atomic mass is 16.1. The molecule has 0 bridgehead atoms. The Balaban J connectivity index is 1.72. The summed E-state index contributed by atoms with van der Waals surface area (Å²) in [4.78, 5) is 19.9. The topological polar surface area (TPSA) is 59.8 Å². The molecule has 5 heteroatoms. The molecule has 0 spiro atoms. The van der Waals surface area contributed by atoms with Crippen molar-refractivity contribution < 1.29 is 4.79 Å². The van der Waals surface area contributed by atoms with Crippen molar-refractivity contribution in [2.24, 2.45) is 7.05 Å². The fraction of sp³-hybridized carbons (Fsp3) is 0.235. The molecule has 0 atom stereocenters. The minimum atomic E-state index is -0.189. The third-order valence-corrected chi connectivity index (χ3v) is 3.99. The second-order valence-electron chi connectivity index (χ2n) is 5.24. The Morgan fingerprint density at radius 3 is 2.86 bits per heavy atom. The number of carbonyl (C=O) groups excluding carboxylic acids is 1. The maximum absolute atomic E-state index is 12.0. The zero-order valence-electron chi connectivity index (χ0n) is 12.7. The summed E-state index contributed by atoms with van der Waals surface area (Å²) < 4.78 is 2.19. The smallest absolute Gasteiger partial charge is 0.271 e. The third kappa shape index (κ3) is 2.57. The van der Waals surface area contributed by atoms with Gasteiger partial charge in [-0.3, -0.25) is 9.78 Å². The first-order chi connectivity index (χ1) is 10.7. The van der Waals surface area contributed by atoms with Crippen LogP contribution in [-0.4, -0.2) is 27.0 Å². The van der Waals surface area contributed by atoms with E-state index in [4.69, 9.17) is 0 Å². The van der Waals surface area contributed by atoms with Gasteiger partial charge in [0.2, 0.25) is 0 Å². The lowest BCUT2D eigenvalue weighted by Gasteiger charge is -2.05. The van der Waals surface area contributed by atoms with E-state index >= 15 is 0 Å². The van der Waals surface area contributed by atoms with Crippen molar-refractivity contribution in [1.29, 1.82) is 0 Å². The van der Waals surface area contributed by atoms with Crippen molar-refractivity contribution in [3.8, 4) is 0 Å². The zero-order valence-corrected chi connectivity index (χ0v) is 12.7. The predicted octanol–water partition coefficient (Wildman–Crippen LogP) is 2.25. The van der Waals surface area contributed by atoms with E-state index in [-0.39, 0.29) is 5.91 Å². The summed E-state index contributed by atoms with van der Waals surface area (Å²) >= 11 is 0. The second-order valence-corrected chi connectivity index (χ2v) is 5.24. The van der Waals surface area contributed by atoms with Crippen LogP contribution in [0.15, 0.2) is 42.9 Å². The number of aromatic nitrogens is 3. The first kappa shape index (κ1) is 14.3. The number of amides is 1. The first-order valence-electron chi connectivity index (χ1n) is 7.25. The number of rotatable bonds is 4. The summed E-state index contributed by atoms with van der Waals surface area (Å²) in [6.07, 6.45) is 5.33. The molecule has 0 aliphatic rings. The van der Waals surface area contributed by atoms with Crippen LogP contribution in [0.4, 0.5) is 0 Å². The van der Waals surface area contributed by atoms with Gasteiger partial charge in [-0.1, -0.05) is 18.2 Å². The molecule has 1 aromatic carbocycles. The van der Waals surface area contributed by atoms with Crippen LogP contribution < -0.4 is 5.32 Å². The van der Waals surface area contributed by atoms with Crippen LogP contribution in [0.25, 0.3) is 10.9 Å². The highest BCUT2D eigenvalue weighted by Gasteiger charge is 2.12. The normalized spacial score (nSPS) is 10.8. The van der Waals surface area contributed by atoms with Crippen molar-refractivity contribution in [3.63, 3.8) is 0 Å². The Hall–Kier alpha value is -2.69. The van der Waals surface area contributed by atoms with Gasteiger partial charge in [-0.2, -0.15) is 0 Å². The molecule has 22 heavy (non-hydrogen) atoms. The molecule has 5 nitrogen and oxygen atoms in total. The van der Waals surface area contributed by atoms with Gasteiger partial charge in [0.1, 0.15) is 5.69 Å². The number of benzene rings is 1. The molecule has 0 fully saturated rings. The van der Waals surface area contributed by atoms with Gasteiger partial charge in [0.15, 0.2) is 0 Å².